The molecule has 2 saturated carbocycles. The van der Waals surface area contributed by atoms with Crippen molar-refractivity contribution in [2.24, 2.45) is 11.8 Å². The van der Waals surface area contributed by atoms with E-state index in [0.717, 1.165) is 18.6 Å². The lowest BCUT2D eigenvalue weighted by molar-refractivity contribution is 0.112. The maximum absolute atomic E-state index is 10.8. The predicted octanol–water partition coefficient (Wildman–Crippen LogP) is 3.08. The summed E-state index contributed by atoms with van der Waals surface area (Å²) in [7, 11) is 1.63. The topological polar surface area (TPSA) is 35.5 Å². The van der Waals surface area contributed by atoms with Crippen LogP contribution in [0.4, 0.5) is 0 Å². The number of rotatable bonds is 4. The molecule has 0 aliphatic heterocycles. The Labute approximate surface area is 107 Å². The number of hydrogen-bond acceptors (Lipinski definition) is 3. The second kappa shape index (κ2) is 4.63. The molecule has 0 amide bonds. The molecule has 2 aliphatic carbocycles. The van der Waals surface area contributed by atoms with Gasteiger partial charge in [-0.15, -0.1) is 0 Å². The average molecular weight is 246 g/mol. The van der Waals surface area contributed by atoms with Crippen LogP contribution in [0.25, 0.3) is 0 Å². The fourth-order valence-electron chi connectivity index (χ4n) is 3.35. The van der Waals surface area contributed by atoms with Crippen LogP contribution in [-0.2, 0) is 0 Å². The van der Waals surface area contributed by atoms with E-state index in [4.69, 9.17) is 9.47 Å². The highest BCUT2D eigenvalue weighted by molar-refractivity contribution is 5.76. The Morgan fingerprint density at radius 3 is 2.72 bits per heavy atom. The van der Waals surface area contributed by atoms with E-state index in [9.17, 15) is 4.79 Å². The fraction of sp³-hybridized carbons (Fsp3) is 0.533. The minimum Gasteiger partial charge on any atom is -0.493 e. The summed E-state index contributed by atoms with van der Waals surface area (Å²) >= 11 is 0. The Morgan fingerprint density at radius 2 is 2.11 bits per heavy atom. The number of aldehydes is 1. The summed E-state index contributed by atoms with van der Waals surface area (Å²) in [5, 5.41) is 0. The molecular formula is C15H18O3. The maximum atomic E-state index is 10.8. The zero-order chi connectivity index (χ0) is 12.5. The minimum absolute atomic E-state index is 0.305. The first kappa shape index (κ1) is 11.6. The molecule has 0 unspecified atom stereocenters. The van der Waals surface area contributed by atoms with Crippen molar-refractivity contribution >= 4 is 6.29 Å². The number of hydrogen-bond donors (Lipinski definition) is 0. The van der Waals surface area contributed by atoms with Gasteiger partial charge in [-0.25, -0.2) is 0 Å². The molecule has 0 aromatic heterocycles. The minimum atomic E-state index is 0.305. The smallest absolute Gasteiger partial charge is 0.162 e. The van der Waals surface area contributed by atoms with Crippen LogP contribution in [0.15, 0.2) is 18.2 Å². The van der Waals surface area contributed by atoms with Crippen LogP contribution in [0.3, 0.4) is 0 Å². The second-order valence-corrected chi connectivity index (χ2v) is 5.36. The lowest BCUT2D eigenvalue weighted by atomic mass is 9.97. The summed E-state index contributed by atoms with van der Waals surface area (Å²) in [6, 6.07) is 5.32. The number of fused-ring (bicyclic) bond motifs is 2. The lowest BCUT2D eigenvalue weighted by Crippen LogP contribution is -2.23. The van der Waals surface area contributed by atoms with Gasteiger partial charge in [-0.05, 0) is 55.7 Å². The molecule has 3 nitrogen and oxygen atoms in total. The molecule has 2 fully saturated rings. The van der Waals surface area contributed by atoms with Crippen LogP contribution in [0, 0.1) is 11.8 Å². The molecule has 3 atom stereocenters. The molecule has 0 saturated heterocycles. The third kappa shape index (κ3) is 1.98. The number of benzene rings is 1. The molecule has 2 aliphatic rings. The fourth-order valence-corrected chi connectivity index (χ4v) is 3.35. The van der Waals surface area contributed by atoms with E-state index in [1.54, 1.807) is 25.3 Å². The Balaban J connectivity index is 1.80. The van der Waals surface area contributed by atoms with Gasteiger partial charge in [-0.1, -0.05) is 0 Å². The maximum Gasteiger partial charge on any atom is 0.162 e. The van der Waals surface area contributed by atoms with Crippen LogP contribution < -0.4 is 9.47 Å². The molecule has 1 aromatic carbocycles. The van der Waals surface area contributed by atoms with Crippen molar-refractivity contribution < 1.29 is 14.3 Å². The summed E-state index contributed by atoms with van der Waals surface area (Å²) in [6.07, 6.45) is 6.24. The summed E-state index contributed by atoms with van der Waals surface area (Å²) in [4.78, 5) is 10.8. The Kier molecular flexibility index (Phi) is 2.98. The zero-order valence-corrected chi connectivity index (χ0v) is 10.6. The van der Waals surface area contributed by atoms with Crippen molar-refractivity contribution in [3.63, 3.8) is 0 Å². The van der Waals surface area contributed by atoms with E-state index in [-0.39, 0.29) is 0 Å². The van der Waals surface area contributed by atoms with Crippen molar-refractivity contribution in [2.75, 3.05) is 7.11 Å². The standard InChI is InChI=1S/C15H18O3/c1-17-13-5-3-11(9-16)8-15(13)18-14-7-10-2-4-12(14)6-10/h3,5,8-10,12,14H,2,4,6-7H2,1H3/t10-,12+,14-/m1/s1. The van der Waals surface area contributed by atoms with Crippen LogP contribution in [0.1, 0.15) is 36.0 Å². The number of ether oxygens (including phenoxy) is 2. The Bertz CT molecular complexity index is 455. The summed E-state index contributed by atoms with van der Waals surface area (Å²) in [5.74, 6) is 2.96. The average Bonchev–Trinajstić information content (AvgIpc) is 3.01. The first-order valence-corrected chi connectivity index (χ1v) is 6.60. The highest BCUT2D eigenvalue weighted by Gasteiger charge is 2.41. The second-order valence-electron chi connectivity index (χ2n) is 5.36. The van der Waals surface area contributed by atoms with Gasteiger partial charge >= 0.3 is 0 Å². The highest BCUT2D eigenvalue weighted by atomic mass is 16.5. The van der Waals surface area contributed by atoms with Crippen molar-refractivity contribution in [3.05, 3.63) is 23.8 Å². The van der Waals surface area contributed by atoms with Crippen molar-refractivity contribution in [1.82, 2.24) is 0 Å². The van der Waals surface area contributed by atoms with Crippen molar-refractivity contribution in [2.45, 2.75) is 31.8 Å². The van der Waals surface area contributed by atoms with E-state index >= 15 is 0 Å². The molecule has 1 aromatic rings. The molecule has 0 N–H and O–H groups in total. The Hall–Kier alpha value is -1.51. The van der Waals surface area contributed by atoms with Crippen molar-refractivity contribution in [1.29, 1.82) is 0 Å². The summed E-state index contributed by atoms with van der Waals surface area (Å²) in [6.45, 7) is 0. The van der Waals surface area contributed by atoms with Gasteiger partial charge in [0, 0.05) is 5.56 Å². The number of carbonyl (C=O) groups excluding carboxylic acids is 1. The van der Waals surface area contributed by atoms with E-state index in [0.29, 0.717) is 29.1 Å². The van der Waals surface area contributed by atoms with Crippen LogP contribution in [0.2, 0.25) is 0 Å². The van der Waals surface area contributed by atoms with Gasteiger partial charge in [0.05, 0.1) is 7.11 Å². The van der Waals surface area contributed by atoms with Crippen LogP contribution >= 0.6 is 0 Å². The van der Waals surface area contributed by atoms with Crippen LogP contribution in [0.5, 0.6) is 11.5 Å². The third-order valence-corrected chi connectivity index (χ3v) is 4.28. The highest BCUT2D eigenvalue weighted by Crippen LogP contribution is 2.46. The van der Waals surface area contributed by atoms with Gasteiger partial charge in [0.1, 0.15) is 12.4 Å². The van der Waals surface area contributed by atoms with E-state index in [1.165, 1.54) is 19.3 Å². The molecule has 2 bridgehead atoms. The lowest BCUT2D eigenvalue weighted by Gasteiger charge is -2.24. The molecule has 0 spiro atoms. The molecule has 0 heterocycles. The Morgan fingerprint density at radius 1 is 1.22 bits per heavy atom. The summed E-state index contributed by atoms with van der Waals surface area (Å²) in [5.41, 5.74) is 0.633. The van der Waals surface area contributed by atoms with Gasteiger partial charge in [0.2, 0.25) is 0 Å². The van der Waals surface area contributed by atoms with Gasteiger partial charge in [-0.2, -0.15) is 0 Å². The summed E-state index contributed by atoms with van der Waals surface area (Å²) < 4.78 is 11.4. The predicted molar refractivity (Wildman–Crippen MR) is 68.2 cm³/mol. The van der Waals surface area contributed by atoms with E-state index < -0.39 is 0 Å². The van der Waals surface area contributed by atoms with Gasteiger partial charge in [-0.3, -0.25) is 4.79 Å². The van der Waals surface area contributed by atoms with Crippen LogP contribution in [-0.4, -0.2) is 19.5 Å². The molecular weight excluding hydrogens is 228 g/mol. The monoisotopic (exact) mass is 246 g/mol. The molecule has 18 heavy (non-hydrogen) atoms. The zero-order valence-electron chi connectivity index (χ0n) is 10.6. The SMILES string of the molecule is COc1ccc(C=O)cc1O[C@@H]1C[C@@H]2CC[C@H]1C2. The van der Waals surface area contributed by atoms with Gasteiger partial charge in [0.15, 0.2) is 11.5 Å². The third-order valence-electron chi connectivity index (χ3n) is 4.28. The number of methoxy groups -OCH3 is 1. The first-order valence-electron chi connectivity index (χ1n) is 6.60. The molecule has 96 valence electrons. The largest absolute Gasteiger partial charge is 0.493 e. The first-order chi connectivity index (χ1) is 8.80. The van der Waals surface area contributed by atoms with E-state index in [1.807, 2.05) is 0 Å². The quantitative estimate of drug-likeness (QED) is 0.766. The molecule has 3 rings (SSSR count). The van der Waals surface area contributed by atoms with Crippen molar-refractivity contribution in [3.8, 4) is 11.5 Å². The number of carbonyl (C=O) groups is 1. The van der Waals surface area contributed by atoms with E-state index in [2.05, 4.69) is 0 Å². The van der Waals surface area contributed by atoms with Gasteiger partial charge in [0.25, 0.3) is 0 Å². The molecule has 0 radical (unpaired) electrons. The van der Waals surface area contributed by atoms with Gasteiger partial charge < -0.3 is 9.47 Å². The normalized spacial score (nSPS) is 29.3. The molecule has 3 heteroatoms.